The van der Waals surface area contributed by atoms with E-state index in [-0.39, 0.29) is 18.2 Å². The lowest BCUT2D eigenvalue weighted by Crippen LogP contribution is -2.51. The van der Waals surface area contributed by atoms with E-state index in [1.807, 2.05) is 68.4 Å². The molecule has 0 aliphatic rings. The molecule has 0 heterocycles. The molecule has 0 aliphatic carbocycles. The Kier molecular flexibility index (Phi) is 8.93. The fraction of sp³-hybridized carbons (Fsp3) is 0.259. The van der Waals surface area contributed by atoms with E-state index in [1.54, 1.807) is 23.1 Å². The molecule has 0 radical (unpaired) electrons. The molecular weight excluding hydrogens is 455 g/mol. The van der Waals surface area contributed by atoms with Gasteiger partial charge in [-0.2, -0.15) is 0 Å². The summed E-state index contributed by atoms with van der Waals surface area (Å²) in [7, 11) is 0. The van der Waals surface area contributed by atoms with Crippen LogP contribution in [0.1, 0.15) is 29.2 Å². The van der Waals surface area contributed by atoms with Crippen LogP contribution in [-0.2, 0) is 29.0 Å². The number of likely N-dealkylation sites (N-methyl/N-ethyl adjacent to an activating group) is 1. The Balaban J connectivity index is 1.96. The number of halogens is 2. The molecular formula is C27H28Cl2N2O2. The van der Waals surface area contributed by atoms with Crippen molar-refractivity contribution in [3.63, 3.8) is 0 Å². The number of benzene rings is 3. The summed E-state index contributed by atoms with van der Waals surface area (Å²) in [5.74, 6) is -0.351. The highest BCUT2D eigenvalue weighted by Gasteiger charge is 2.30. The van der Waals surface area contributed by atoms with Crippen LogP contribution in [0.5, 0.6) is 0 Å². The number of amides is 2. The van der Waals surface area contributed by atoms with E-state index in [9.17, 15) is 9.59 Å². The maximum atomic E-state index is 13.6. The number of nitrogens with one attached hydrogen (secondary N) is 1. The molecule has 1 atom stereocenters. The number of nitrogens with zero attached hydrogens (tertiary/aromatic N) is 1. The number of hydrogen-bond donors (Lipinski definition) is 1. The van der Waals surface area contributed by atoms with E-state index < -0.39 is 6.04 Å². The van der Waals surface area contributed by atoms with Crippen LogP contribution in [0.25, 0.3) is 0 Å². The summed E-state index contributed by atoms with van der Waals surface area (Å²) in [6, 6.07) is 22.2. The summed E-state index contributed by atoms with van der Waals surface area (Å²) < 4.78 is 0. The van der Waals surface area contributed by atoms with Crippen molar-refractivity contribution >= 4 is 35.0 Å². The van der Waals surface area contributed by atoms with Crippen LogP contribution in [0, 0.1) is 6.92 Å². The predicted octanol–water partition coefficient (Wildman–Crippen LogP) is 5.62. The van der Waals surface area contributed by atoms with Gasteiger partial charge in [0.2, 0.25) is 11.8 Å². The lowest BCUT2D eigenvalue weighted by atomic mass is 10.0. The second-order valence-corrected chi connectivity index (χ2v) is 8.86. The highest BCUT2D eigenvalue weighted by molar-refractivity contribution is 6.35. The highest BCUT2D eigenvalue weighted by Crippen LogP contribution is 2.23. The molecule has 0 spiro atoms. The van der Waals surface area contributed by atoms with Crippen LogP contribution in [0.3, 0.4) is 0 Å². The molecule has 33 heavy (non-hydrogen) atoms. The Bertz CT molecular complexity index is 1090. The van der Waals surface area contributed by atoms with Gasteiger partial charge in [-0.25, -0.2) is 0 Å². The van der Waals surface area contributed by atoms with Crippen molar-refractivity contribution in [1.82, 2.24) is 10.2 Å². The minimum Gasteiger partial charge on any atom is -0.355 e. The Morgan fingerprint density at radius 1 is 0.939 bits per heavy atom. The molecule has 0 aliphatic heterocycles. The van der Waals surface area contributed by atoms with Crippen LogP contribution in [0.15, 0.2) is 72.8 Å². The fourth-order valence-corrected chi connectivity index (χ4v) is 4.14. The van der Waals surface area contributed by atoms with E-state index >= 15 is 0 Å². The zero-order chi connectivity index (χ0) is 23.8. The maximum absolute atomic E-state index is 13.6. The molecule has 0 fully saturated rings. The molecule has 0 saturated heterocycles. The standard InChI is InChI=1S/C27H28Cl2N2O2/c1-3-30-27(33)25(15-20-7-5-4-6-8-20)31(18-21-11-9-19(2)10-12-21)26(32)16-22-13-14-23(28)17-24(22)29/h4-14,17,25H,3,15-16,18H2,1-2H3,(H,30,33)/t25-/m0/s1. The fourth-order valence-electron chi connectivity index (χ4n) is 3.67. The van der Waals surface area contributed by atoms with Gasteiger partial charge in [0.1, 0.15) is 6.04 Å². The topological polar surface area (TPSA) is 49.4 Å². The number of carbonyl (C=O) groups is 2. The lowest BCUT2D eigenvalue weighted by molar-refractivity contribution is -0.140. The molecule has 3 aromatic carbocycles. The summed E-state index contributed by atoms with van der Waals surface area (Å²) >= 11 is 12.4. The third kappa shape index (κ3) is 7.08. The van der Waals surface area contributed by atoms with Gasteiger partial charge < -0.3 is 10.2 Å². The molecule has 0 saturated carbocycles. The van der Waals surface area contributed by atoms with Gasteiger partial charge in [0.25, 0.3) is 0 Å². The second kappa shape index (κ2) is 11.9. The highest BCUT2D eigenvalue weighted by atomic mass is 35.5. The SMILES string of the molecule is CCNC(=O)[C@H](Cc1ccccc1)N(Cc1ccc(C)cc1)C(=O)Cc1ccc(Cl)cc1Cl. The van der Waals surface area contributed by atoms with Gasteiger partial charge in [0.15, 0.2) is 0 Å². The molecule has 3 rings (SSSR count). The Morgan fingerprint density at radius 2 is 1.64 bits per heavy atom. The quantitative estimate of drug-likeness (QED) is 0.430. The molecule has 3 aromatic rings. The first-order valence-electron chi connectivity index (χ1n) is 11.0. The lowest BCUT2D eigenvalue weighted by Gasteiger charge is -2.31. The van der Waals surface area contributed by atoms with Crippen molar-refractivity contribution in [2.75, 3.05) is 6.54 Å². The molecule has 1 N–H and O–H groups in total. The molecule has 2 amide bonds. The van der Waals surface area contributed by atoms with E-state index in [4.69, 9.17) is 23.2 Å². The van der Waals surface area contributed by atoms with Gasteiger partial charge in [-0.1, -0.05) is 89.4 Å². The Labute approximate surface area is 205 Å². The van der Waals surface area contributed by atoms with Crippen LogP contribution >= 0.6 is 23.2 Å². The molecule has 0 aromatic heterocycles. The molecule has 0 unspecified atom stereocenters. The van der Waals surface area contributed by atoms with Crippen molar-refractivity contribution in [1.29, 1.82) is 0 Å². The summed E-state index contributed by atoms with van der Waals surface area (Å²) in [4.78, 5) is 28.4. The molecule has 6 heteroatoms. The predicted molar refractivity (Wildman–Crippen MR) is 135 cm³/mol. The zero-order valence-electron chi connectivity index (χ0n) is 18.9. The van der Waals surface area contributed by atoms with Crippen molar-refractivity contribution in [3.05, 3.63) is 105 Å². The summed E-state index contributed by atoms with van der Waals surface area (Å²) in [5, 5.41) is 3.85. The molecule has 0 bridgehead atoms. The Morgan fingerprint density at radius 3 is 2.27 bits per heavy atom. The number of aryl methyl sites for hydroxylation is 1. The van der Waals surface area contributed by atoms with Crippen LogP contribution < -0.4 is 5.32 Å². The first-order chi connectivity index (χ1) is 15.9. The average Bonchev–Trinajstić information content (AvgIpc) is 2.80. The summed E-state index contributed by atoms with van der Waals surface area (Å²) in [6.07, 6.45) is 0.491. The second-order valence-electron chi connectivity index (χ2n) is 8.02. The van der Waals surface area contributed by atoms with Crippen LogP contribution in [-0.4, -0.2) is 29.3 Å². The third-order valence-corrected chi connectivity index (χ3v) is 6.04. The number of rotatable bonds is 9. The largest absolute Gasteiger partial charge is 0.355 e. The Hall–Kier alpha value is -2.82. The number of hydrogen-bond acceptors (Lipinski definition) is 2. The number of carbonyl (C=O) groups excluding carboxylic acids is 2. The average molecular weight is 483 g/mol. The van der Waals surface area contributed by atoms with E-state index in [0.717, 1.165) is 16.7 Å². The summed E-state index contributed by atoms with van der Waals surface area (Å²) in [5.41, 5.74) is 3.75. The third-order valence-electron chi connectivity index (χ3n) is 5.45. The first kappa shape index (κ1) is 24.8. The van der Waals surface area contributed by atoms with Gasteiger partial charge in [-0.3, -0.25) is 9.59 Å². The van der Waals surface area contributed by atoms with Gasteiger partial charge >= 0.3 is 0 Å². The smallest absolute Gasteiger partial charge is 0.243 e. The normalized spacial score (nSPS) is 11.6. The van der Waals surface area contributed by atoms with Gasteiger partial charge in [0, 0.05) is 29.6 Å². The van der Waals surface area contributed by atoms with Crippen molar-refractivity contribution in [3.8, 4) is 0 Å². The van der Waals surface area contributed by atoms with Gasteiger partial charge in [-0.05, 0) is 42.7 Å². The van der Waals surface area contributed by atoms with Crippen molar-refractivity contribution in [2.24, 2.45) is 0 Å². The minimum atomic E-state index is -0.660. The minimum absolute atomic E-state index is 0.0760. The van der Waals surface area contributed by atoms with Crippen molar-refractivity contribution in [2.45, 2.75) is 39.3 Å². The summed E-state index contributed by atoms with van der Waals surface area (Å²) in [6.45, 7) is 4.69. The van der Waals surface area contributed by atoms with Crippen molar-refractivity contribution < 1.29 is 9.59 Å². The van der Waals surface area contributed by atoms with Crippen LogP contribution in [0.4, 0.5) is 0 Å². The molecule has 172 valence electrons. The maximum Gasteiger partial charge on any atom is 0.243 e. The van der Waals surface area contributed by atoms with Crippen LogP contribution in [0.2, 0.25) is 10.0 Å². The monoisotopic (exact) mass is 482 g/mol. The first-order valence-corrected chi connectivity index (χ1v) is 11.7. The zero-order valence-corrected chi connectivity index (χ0v) is 20.4. The van der Waals surface area contributed by atoms with Gasteiger partial charge in [-0.15, -0.1) is 0 Å². The van der Waals surface area contributed by atoms with E-state index in [2.05, 4.69) is 5.32 Å². The molecule has 4 nitrogen and oxygen atoms in total. The van der Waals surface area contributed by atoms with Gasteiger partial charge in [0.05, 0.1) is 6.42 Å². The van der Waals surface area contributed by atoms with E-state index in [0.29, 0.717) is 35.1 Å². The van der Waals surface area contributed by atoms with E-state index in [1.165, 1.54) is 0 Å².